The van der Waals surface area contributed by atoms with E-state index in [1.807, 2.05) is 18.2 Å². The first kappa shape index (κ1) is 14.2. The van der Waals surface area contributed by atoms with Gasteiger partial charge in [0.2, 0.25) is 0 Å². The van der Waals surface area contributed by atoms with Gasteiger partial charge in [-0.1, -0.05) is 30.3 Å². The van der Waals surface area contributed by atoms with E-state index in [1.165, 1.54) is 12.1 Å². The number of benzene rings is 2. The number of hydrogen-bond donors (Lipinski definition) is 1. The van der Waals surface area contributed by atoms with Crippen molar-refractivity contribution in [2.45, 2.75) is 6.42 Å². The maximum absolute atomic E-state index is 13.6. The van der Waals surface area contributed by atoms with Crippen molar-refractivity contribution < 1.29 is 13.9 Å². The highest BCUT2D eigenvalue weighted by Crippen LogP contribution is 2.17. The number of amides is 1. The van der Waals surface area contributed by atoms with Crippen LogP contribution in [0, 0.1) is 5.82 Å². The lowest BCUT2D eigenvalue weighted by atomic mass is 10.1. The number of carbonyl (C=O) groups is 1. The van der Waals surface area contributed by atoms with Gasteiger partial charge in [0.1, 0.15) is 5.82 Å². The Balaban J connectivity index is 2.18. The van der Waals surface area contributed by atoms with E-state index in [4.69, 9.17) is 4.74 Å². The molecule has 0 fully saturated rings. The molecule has 0 atom stereocenters. The molecule has 4 heteroatoms. The Bertz CT molecular complexity index is 599. The van der Waals surface area contributed by atoms with Crippen molar-refractivity contribution in [3.8, 4) is 0 Å². The molecule has 1 N–H and O–H groups in total. The third-order valence-corrected chi connectivity index (χ3v) is 2.96. The number of halogens is 1. The van der Waals surface area contributed by atoms with Crippen LogP contribution < -0.4 is 5.32 Å². The monoisotopic (exact) mass is 273 g/mol. The molecule has 0 spiro atoms. The maximum atomic E-state index is 13.6. The molecule has 0 bridgehead atoms. The SMILES string of the molecule is COCCc1ccccc1NC(=O)c1ccccc1F. The summed E-state index contributed by atoms with van der Waals surface area (Å²) in [6, 6.07) is 13.3. The summed E-state index contributed by atoms with van der Waals surface area (Å²) in [4.78, 5) is 12.1. The molecule has 20 heavy (non-hydrogen) atoms. The molecule has 2 rings (SSSR count). The van der Waals surface area contributed by atoms with Gasteiger partial charge >= 0.3 is 0 Å². The van der Waals surface area contributed by atoms with Gasteiger partial charge in [-0.15, -0.1) is 0 Å². The third kappa shape index (κ3) is 3.42. The van der Waals surface area contributed by atoms with Crippen molar-refractivity contribution in [3.63, 3.8) is 0 Å². The van der Waals surface area contributed by atoms with E-state index in [9.17, 15) is 9.18 Å². The van der Waals surface area contributed by atoms with Crippen LogP contribution in [-0.2, 0) is 11.2 Å². The summed E-state index contributed by atoms with van der Waals surface area (Å²) in [5, 5.41) is 2.74. The van der Waals surface area contributed by atoms with Crippen LogP contribution in [0.1, 0.15) is 15.9 Å². The zero-order valence-electron chi connectivity index (χ0n) is 11.2. The summed E-state index contributed by atoms with van der Waals surface area (Å²) in [5.74, 6) is -0.979. The number of rotatable bonds is 5. The van der Waals surface area contributed by atoms with Gasteiger partial charge in [-0.05, 0) is 30.2 Å². The molecule has 0 aliphatic rings. The highest BCUT2D eigenvalue weighted by Gasteiger charge is 2.12. The van der Waals surface area contributed by atoms with Crippen LogP contribution in [0.15, 0.2) is 48.5 Å². The highest BCUT2D eigenvalue weighted by atomic mass is 19.1. The fraction of sp³-hybridized carbons (Fsp3) is 0.188. The summed E-state index contributed by atoms with van der Waals surface area (Å²) < 4.78 is 18.6. The summed E-state index contributed by atoms with van der Waals surface area (Å²) in [6.45, 7) is 0.562. The number of nitrogens with one attached hydrogen (secondary N) is 1. The topological polar surface area (TPSA) is 38.3 Å². The smallest absolute Gasteiger partial charge is 0.258 e. The normalized spacial score (nSPS) is 10.3. The second-order valence-corrected chi connectivity index (χ2v) is 4.33. The molecule has 1 amide bonds. The summed E-state index contributed by atoms with van der Waals surface area (Å²) in [7, 11) is 1.63. The second-order valence-electron chi connectivity index (χ2n) is 4.33. The molecule has 104 valence electrons. The van der Waals surface area contributed by atoms with E-state index in [-0.39, 0.29) is 5.56 Å². The molecule has 0 aliphatic heterocycles. The fourth-order valence-electron chi connectivity index (χ4n) is 1.91. The Hall–Kier alpha value is -2.20. The van der Waals surface area contributed by atoms with E-state index in [1.54, 1.807) is 25.3 Å². The fourth-order valence-corrected chi connectivity index (χ4v) is 1.91. The Morgan fingerprint density at radius 1 is 1.15 bits per heavy atom. The van der Waals surface area contributed by atoms with Crippen molar-refractivity contribution >= 4 is 11.6 Å². The van der Waals surface area contributed by atoms with Gasteiger partial charge in [0.15, 0.2) is 0 Å². The van der Waals surface area contributed by atoms with Crippen molar-refractivity contribution in [2.75, 3.05) is 19.0 Å². The first-order chi connectivity index (χ1) is 9.72. The first-order valence-electron chi connectivity index (χ1n) is 6.35. The third-order valence-electron chi connectivity index (χ3n) is 2.96. The number of hydrogen-bond acceptors (Lipinski definition) is 2. The quantitative estimate of drug-likeness (QED) is 0.908. The Morgan fingerprint density at radius 2 is 1.85 bits per heavy atom. The molecule has 0 saturated heterocycles. The van der Waals surface area contributed by atoms with Crippen molar-refractivity contribution in [1.29, 1.82) is 0 Å². The average Bonchev–Trinajstić information content (AvgIpc) is 2.46. The number of ether oxygens (including phenoxy) is 1. The number of para-hydroxylation sites is 1. The van der Waals surface area contributed by atoms with Crippen LogP contribution in [0.2, 0.25) is 0 Å². The summed E-state index contributed by atoms with van der Waals surface area (Å²) in [5.41, 5.74) is 1.67. The van der Waals surface area contributed by atoms with Gasteiger partial charge in [0, 0.05) is 12.8 Å². The largest absolute Gasteiger partial charge is 0.384 e. The minimum Gasteiger partial charge on any atom is -0.384 e. The number of anilines is 1. The highest BCUT2D eigenvalue weighted by molar-refractivity contribution is 6.04. The summed E-state index contributed by atoms with van der Waals surface area (Å²) >= 11 is 0. The van der Waals surface area contributed by atoms with Crippen LogP contribution in [0.4, 0.5) is 10.1 Å². The van der Waals surface area contributed by atoms with Gasteiger partial charge in [-0.3, -0.25) is 4.79 Å². The van der Waals surface area contributed by atoms with E-state index < -0.39 is 11.7 Å². The van der Waals surface area contributed by atoms with Gasteiger partial charge in [0.05, 0.1) is 12.2 Å². The molecule has 0 unspecified atom stereocenters. The lowest BCUT2D eigenvalue weighted by Gasteiger charge is -2.11. The van der Waals surface area contributed by atoms with Crippen molar-refractivity contribution in [2.24, 2.45) is 0 Å². The van der Waals surface area contributed by atoms with Gasteiger partial charge < -0.3 is 10.1 Å². The number of methoxy groups -OCH3 is 1. The molecule has 3 nitrogen and oxygen atoms in total. The minimum atomic E-state index is -0.528. The Morgan fingerprint density at radius 3 is 2.60 bits per heavy atom. The van der Waals surface area contributed by atoms with E-state index in [0.717, 1.165) is 5.56 Å². The lowest BCUT2D eigenvalue weighted by molar-refractivity contribution is 0.102. The van der Waals surface area contributed by atoms with Gasteiger partial charge in [-0.2, -0.15) is 0 Å². The Kier molecular flexibility index (Phi) is 4.85. The van der Waals surface area contributed by atoms with Crippen LogP contribution in [0.5, 0.6) is 0 Å². The van der Waals surface area contributed by atoms with E-state index in [2.05, 4.69) is 5.32 Å². The molecule has 2 aromatic carbocycles. The first-order valence-corrected chi connectivity index (χ1v) is 6.35. The molecule has 0 saturated carbocycles. The Labute approximate surface area is 117 Å². The molecular formula is C16H16FNO2. The van der Waals surface area contributed by atoms with Crippen LogP contribution in [0.25, 0.3) is 0 Å². The predicted molar refractivity (Wildman–Crippen MR) is 76.4 cm³/mol. The molecular weight excluding hydrogens is 257 g/mol. The molecule has 0 heterocycles. The predicted octanol–water partition coefficient (Wildman–Crippen LogP) is 3.27. The van der Waals surface area contributed by atoms with Gasteiger partial charge in [0.25, 0.3) is 5.91 Å². The lowest BCUT2D eigenvalue weighted by Crippen LogP contribution is -2.15. The zero-order chi connectivity index (χ0) is 14.4. The van der Waals surface area contributed by atoms with Crippen LogP contribution >= 0.6 is 0 Å². The van der Waals surface area contributed by atoms with Crippen molar-refractivity contribution in [1.82, 2.24) is 0 Å². The maximum Gasteiger partial charge on any atom is 0.258 e. The van der Waals surface area contributed by atoms with E-state index >= 15 is 0 Å². The number of carbonyl (C=O) groups excluding carboxylic acids is 1. The molecule has 0 radical (unpaired) electrons. The zero-order valence-corrected chi connectivity index (χ0v) is 11.2. The van der Waals surface area contributed by atoms with E-state index in [0.29, 0.717) is 18.7 Å². The average molecular weight is 273 g/mol. The van der Waals surface area contributed by atoms with Crippen molar-refractivity contribution in [3.05, 3.63) is 65.5 Å². The van der Waals surface area contributed by atoms with Gasteiger partial charge in [-0.25, -0.2) is 4.39 Å². The molecule has 0 aliphatic carbocycles. The summed E-state index contributed by atoms with van der Waals surface area (Å²) in [6.07, 6.45) is 0.685. The second kappa shape index (κ2) is 6.82. The molecule has 0 aromatic heterocycles. The minimum absolute atomic E-state index is 0.0362. The van der Waals surface area contributed by atoms with Crippen LogP contribution in [-0.4, -0.2) is 19.6 Å². The standard InChI is InChI=1S/C16H16FNO2/c1-20-11-10-12-6-2-5-9-15(12)18-16(19)13-7-3-4-8-14(13)17/h2-9H,10-11H2,1H3,(H,18,19). The molecule has 2 aromatic rings. The van der Waals surface area contributed by atoms with Crippen LogP contribution in [0.3, 0.4) is 0 Å².